The molecule has 2 aromatic rings. The lowest BCUT2D eigenvalue weighted by Crippen LogP contribution is -2.24. The predicted octanol–water partition coefficient (Wildman–Crippen LogP) is 3.55. The van der Waals surface area contributed by atoms with Gasteiger partial charge in [-0.2, -0.15) is 4.99 Å². The largest absolute Gasteiger partial charge is 0.370 e. The number of benzene rings is 2. The van der Waals surface area contributed by atoms with Crippen LogP contribution in [0.5, 0.6) is 0 Å². The molecule has 0 spiro atoms. The van der Waals surface area contributed by atoms with E-state index in [1.807, 2.05) is 13.8 Å². The number of amides is 1. The van der Waals surface area contributed by atoms with Crippen molar-refractivity contribution in [1.29, 1.82) is 0 Å². The van der Waals surface area contributed by atoms with Crippen molar-refractivity contribution in [2.45, 2.75) is 49.3 Å². The molecular formula is C27H34ClN3O6S2. The number of sulfone groups is 2. The number of aryl methyl sites for hydroxylation is 2. The van der Waals surface area contributed by atoms with Crippen LogP contribution >= 0.6 is 11.6 Å². The summed E-state index contributed by atoms with van der Waals surface area (Å²) in [5, 5.41) is -0.637. The van der Waals surface area contributed by atoms with Crippen LogP contribution in [-0.2, 0) is 45.4 Å². The van der Waals surface area contributed by atoms with Gasteiger partial charge in [-0.15, -0.1) is 13.2 Å². The highest BCUT2D eigenvalue weighted by Gasteiger charge is 2.20. The van der Waals surface area contributed by atoms with Crippen molar-refractivity contribution in [2.24, 2.45) is 16.5 Å². The normalized spacial score (nSPS) is 11.1. The molecule has 0 heterocycles. The van der Waals surface area contributed by atoms with Gasteiger partial charge in [-0.3, -0.25) is 9.59 Å². The van der Waals surface area contributed by atoms with E-state index < -0.39 is 30.8 Å². The molecule has 4 N–H and O–H groups in total. The zero-order chi connectivity index (χ0) is 30.1. The second-order valence-electron chi connectivity index (χ2n) is 8.59. The Hall–Kier alpha value is -3.28. The minimum atomic E-state index is -3.48. The van der Waals surface area contributed by atoms with Crippen LogP contribution in [0.3, 0.4) is 0 Å². The predicted molar refractivity (Wildman–Crippen MR) is 156 cm³/mol. The molecule has 0 unspecified atom stereocenters. The first-order chi connectivity index (χ1) is 18.0. The number of carbonyl (C=O) groups excluding carboxylic acids is 2. The van der Waals surface area contributed by atoms with Crippen molar-refractivity contribution in [1.82, 2.24) is 0 Å². The quantitative estimate of drug-likeness (QED) is 0.182. The topological polar surface area (TPSA) is 167 Å². The number of guanidine groups is 1. The van der Waals surface area contributed by atoms with Gasteiger partial charge >= 0.3 is 0 Å². The summed E-state index contributed by atoms with van der Waals surface area (Å²) in [6.07, 6.45) is 7.45. The summed E-state index contributed by atoms with van der Waals surface area (Å²) in [6.45, 7) is 11.0. The van der Waals surface area contributed by atoms with Crippen molar-refractivity contribution >= 4 is 48.4 Å². The molecule has 2 rings (SSSR count). The van der Waals surface area contributed by atoms with Gasteiger partial charge < -0.3 is 11.5 Å². The number of hydrogen-bond acceptors (Lipinski definition) is 6. The second-order valence-corrected chi connectivity index (χ2v) is 12.9. The summed E-state index contributed by atoms with van der Waals surface area (Å²) in [5.74, 6) is -1.01. The fourth-order valence-electron chi connectivity index (χ4n) is 3.82. The first-order valence-corrected chi connectivity index (χ1v) is 15.9. The molecule has 0 aliphatic heterocycles. The van der Waals surface area contributed by atoms with Gasteiger partial charge in [0.15, 0.2) is 25.6 Å². The number of halogens is 1. The van der Waals surface area contributed by atoms with Gasteiger partial charge in [-0.25, -0.2) is 16.8 Å². The molecule has 2 aromatic carbocycles. The highest BCUT2D eigenvalue weighted by molar-refractivity contribution is 7.91. The van der Waals surface area contributed by atoms with Crippen LogP contribution in [0.4, 0.5) is 0 Å². The Balaban J connectivity index is 0.000000395. The van der Waals surface area contributed by atoms with Gasteiger partial charge in [0.05, 0.1) is 9.79 Å². The zero-order valence-electron chi connectivity index (χ0n) is 22.5. The standard InChI is InChI=1S/C14H19N3O3S.C13H15ClO3S/c1-4-6-10-7-9(5-2)11(13(18)17-14(15)16)8-12(10)21(3,19)20;1-4-6-10-7-9(5-2)11(13(14)15)8-12(10)18(3,16)17/h4,7-8H,1,5-6H2,2-3H3,(H4,15,16,17,18);4,7-8H,1,5-6H2,2-3H3. The van der Waals surface area contributed by atoms with Crippen LogP contribution in [0.2, 0.25) is 0 Å². The number of carbonyl (C=O) groups is 2. The maximum Gasteiger partial charge on any atom is 0.280 e. The zero-order valence-corrected chi connectivity index (χ0v) is 24.8. The van der Waals surface area contributed by atoms with Crippen LogP contribution in [0, 0.1) is 0 Å². The van der Waals surface area contributed by atoms with E-state index in [0.717, 1.165) is 18.1 Å². The van der Waals surface area contributed by atoms with Gasteiger partial charge in [-0.1, -0.05) is 38.1 Å². The van der Waals surface area contributed by atoms with Crippen molar-refractivity contribution < 1.29 is 26.4 Å². The molecular weight excluding hydrogens is 562 g/mol. The first kappa shape index (κ1) is 33.7. The van der Waals surface area contributed by atoms with Gasteiger partial charge in [-0.05, 0) is 71.7 Å². The Kier molecular flexibility index (Phi) is 12.3. The number of allylic oxidation sites excluding steroid dienone is 2. The fraction of sp³-hybridized carbons (Fsp3) is 0.296. The van der Waals surface area contributed by atoms with Crippen molar-refractivity contribution in [2.75, 3.05) is 12.5 Å². The molecule has 0 aliphatic rings. The molecule has 0 saturated heterocycles. The van der Waals surface area contributed by atoms with Gasteiger partial charge in [0.1, 0.15) is 0 Å². The van der Waals surface area contributed by atoms with Crippen LogP contribution in [0.25, 0.3) is 0 Å². The molecule has 39 heavy (non-hydrogen) atoms. The number of rotatable bonds is 10. The SMILES string of the molecule is C=CCc1cc(CC)c(C(=O)Cl)cc1S(C)(=O)=O.C=CCc1cc(CC)c(C(=O)N=C(N)N)cc1S(C)(=O)=O. The number of nitrogens with two attached hydrogens (primary N) is 2. The summed E-state index contributed by atoms with van der Waals surface area (Å²) < 4.78 is 47.2. The molecule has 0 radical (unpaired) electrons. The molecule has 212 valence electrons. The Bertz CT molecular complexity index is 1520. The molecule has 0 aliphatic carbocycles. The van der Waals surface area contributed by atoms with E-state index in [4.69, 9.17) is 23.1 Å². The Morgan fingerprint density at radius 2 is 1.18 bits per heavy atom. The van der Waals surface area contributed by atoms with E-state index >= 15 is 0 Å². The lowest BCUT2D eigenvalue weighted by atomic mass is 9.99. The molecule has 12 heteroatoms. The highest BCUT2D eigenvalue weighted by atomic mass is 35.5. The van der Waals surface area contributed by atoms with Crippen molar-refractivity contribution in [3.63, 3.8) is 0 Å². The summed E-state index contributed by atoms with van der Waals surface area (Å²) in [6, 6.07) is 6.10. The van der Waals surface area contributed by atoms with E-state index in [1.54, 1.807) is 24.3 Å². The first-order valence-electron chi connectivity index (χ1n) is 11.8. The molecule has 1 amide bonds. The average Bonchev–Trinajstić information content (AvgIpc) is 2.82. The summed E-state index contributed by atoms with van der Waals surface area (Å²) in [4.78, 5) is 27.1. The minimum Gasteiger partial charge on any atom is -0.370 e. The third-order valence-corrected chi connectivity index (χ3v) is 8.10. The molecule has 0 fully saturated rings. The van der Waals surface area contributed by atoms with E-state index in [-0.39, 0.29) is 26.9 Å². The summed E-state index contributed by atoms with van der Waals surface area (Å²) in [5.41, 5.74) is 13.5. The second kappa shape index (κ2) is 14.2. The van der Waals surface area contributed by atoms with E-state index in [0.29, 0.717) is 42.4 Å². The third-order valence-electron chi connectivity index (χ3n) is 5.53. The number of nitrogens with zero attached hydrogens (tertiary/aromatic N) is 1. The highest BCUT2D eigenvalue weighted by Crippen LogP contribution is 2.25. The van der Waals surface area contributed by atoms with Crippen LogP contribution in [0.1, 0.15) is 56.8 Å². The summed E-state index contributed by atoms with van der Waals surface area (Å²) >= 11 is 5.48. The van der Waals surface area contributed by atoms with Gasteiger partial charge in [0, 0.05) is 23.6 Å². The molecule has 0 saturated carbocycles. The van der Waals surface area contributed by atoms with Crippen molar-refractivity contribution in [3.05, 3.63) is 83.0 Å². The summed E-state index contributed by atoms with van der Waals surface area (Å²) in [7, 11) is -6.87. The Labute approximate surface area is 235 Å². The lowest BCUT2D eigenvalue weighted by Gasteiger charge is -2.12. The lowest BCUT2D eigenvalue weighted by molar-refractivity contribution is 0.100. The minimum absolute atomic E-state index is 0.0914. The molecule has 9 nitrogen and oxygen atoms in total. The maximum absolute atomic E-state index is 12.0. The monoisotopic (exact) mass is 595 g/mol. The molecule has 0 aromatic heterocycles. The van der Waals surface area contributed by atoms with Crippen molar-refractivity contribution in [3.8, 4) is 0 Å². The van der Waals surface area contributed by atoms with Gasteiger partial charge in [0.25, 0.3) is 11.1 Å². The smallest absolute Gasteiger partial charge is 0.280 e. The fourth-order valence-corrected chi connectivity index (χ4v) is 5.89. The van der Waals surface area contributed by atoms with Crippen LogP contribution in [0.15, 0.2) is 64.4 Å². The van der Waals surface area contributed by atoms with Crippen LogP contribution < -0.4 is 11.5 Å². The van der Waals surface area contributed by atoms with Gasteiger partial charge in [0.2, 0.25) is 0 Å². The molecule has 0 atom stereocenters. The van der Waals surface area contributed by atoms with E-state index in [2.05, 4.69) is 18.2 Å². The van der Waals surface area contributed by atoms with E-state index in [1.165, 1.54) is 12.1 Å². The average molecular weight is 596 g/mol. The number of hydrogen-bond donors (Lipinski definition) is 2. The molecule has 0 bridgehead atoms. The Morgan fingerprint density at radius 3 is 1.49 bits per heavy atom. The Morgan fingerprint density at radius 1 is 0.795 bits per heavy atom. The number of aliphatic imine (C=N–C) groups is 1. The third kappa shape index (κ3) is 9.45. The van der Waals surface area contributed by atoms with E-state index in [9.17, 15) is 26.4 Å². The van der Waals surface area contributed by atoms with Crippen LogP contribution in [-0.4, -0.2) is 46.5 Å². The maximum atomic E-state index is 12.0.